The lowest BCUT2D eigenvalue weighted by molar-refractivity contribution is 0.445. The highest BCUT2D eigenvalue weighted by Gasteiger charge is 2.22. The van der Waals surface area contributed by atoms with Crippen LogP contribution in [0.3, 0.4) is 0 Å². The van der Waals surface area contributed by atoms with Gasteiger partial charge in [0.2, 0.25) is 5.03 Å². The van der Waals surface area contributed by atoms with Gasteiger partial charge in [0.25, 0.3) is 10.0 Å². The highest BCUT2D eigenvalue weighted by Crippen LogP contribution is 2.20. The van der Waals surface area contributed by atoms with Gasteiger partial charge in [0.15, 0.2) is 5.75 Å². The Morgan fingerprint density at radius 3 is 2.54 bits per heavy atom. The molecule has 0 aliphatic rings. The van der Waals surface area contributed by atoms with E-state index in [-0.39, 0.29) is 10.8 Å². The minimum Gasteiger partial charge on any atom is -0.505 e. The van der Waals surface area contributed by atoms with Gasteiger partial charge < -0.3 is 5.11 Å². The predicted molar refractivity (Wildman–Crippen MR) is 46.8 cm³/mol. The fraction of sp³-hybridized carbons (Fsp3) is 0.286. The molecule has 13 heavy (non-hydrogen) atoms. The SMILES string of the molecule is CN(C)S(=O)(=O)c1ncccc1O. The number of rotatable bonds is 2. The molecule has 0 aliphatic heterocycles. The molecule has 0 radical (unpaired) electrons. The maximum Gasteiger partial charge on any atom is 0.263 e. The van der Waals surface area contributed by atoms with Crippen LogP contribution >= 0.6 is 0 Å². The molecular weight excluding hydrogens is 192 g/mol. The zero-order valence-corrected chi connectivity index (χ0v) is 8.11. The molecule has 0 fully saturated rings. The molecule has 0 aromatic carbocycles. The number of hydrogen-bond donors (Lipinski definition) is 1. The monoisotopic (exact) mass is 202 g/mol. The van der Waals surface area contributed by atoms with Crippen molar-refractivity contribution in [3.63, 3.8) is 0 Å². The third-order valence-corrected chi connectivity index (χ3v) is 3.24. The highest BCUT2D eigenvalue weighted by atomic mass is 32.2. The number of hydrogen-bond acceptors (Lipinski definition) is 4. The second kappa shape index (κ2) is 3.31. The van der Waals surface area contributed by atoms with E-state index >= 15 is 0 Å². The first-order valence-electron chi connectivity index (χ1n) is 3.53. The summed E-state index contributed by atoms with van der Waals surface area (Å²) in [5.74, 6) is -0.337. The number of pyridine rings is 1. The standard InChI is InChI=1S/C7H10N2O3S/c1-9(2)13(11,12)7-6(10)4-3-5-8-7/h3-5,10H,1-2H3. The minimum absolute atomic E-state index is 0.319. The van der Waals surface area contributed by atoms with Crippen molar-refractivity contribution >= 4 is 10.0 Å². The van der Waals surface area contributed by atoms with E-state index < -0.39 is 10.0 Å². The maximum atomic E-state index is 11.5. The zero-order valence-electron chi connectivity index (χ0n) is 7.30. The maximum absolute atomic E-state index is 11.5. The molecule has 1 aromatic rings. The van der Waals surface area contributed by atoms with E-state index in [1.807, 2.05) is 0 Å². The molecular formula is C7H10N2O3S. The lowest BCUT2D eigenvalue weighted by Gasteiger charge is -2.10. The van der Waals surface area contributed by atoms with Gasteiger partial charge in [-0.1, -0.05) is 0 Å². The van der Waals surface area contributed by atoms with Crippen LogP contribution in [0.2, 0.25) is 0 Å². The van der Waals surface area contributed by atoms with Gasteiger partial charge in [0.05, 0.1) is 0 Å². The van der Waals surface area contributed by atoms with Crippen molar-refractivity contribution in [1.29, 1.82) is 0 Å². The van der Waals surface area contributed by atoms with Crippen LogP contribution in [0.1, 0.15) is 0 Å². The fourth-order valence-electron chi connectivity index (χ4n) is 0.754. The van der Waals surface area contributed by atoms with Crippen molar-refractivity contribution in [3.8, 4) is 5.75 Å². The Labute approximate surface area is 76.7 Å². The first kappa shape index (κ1) is 9.94. The molecule has 0 unspecified atom stereocenters. The molecule has 5 nitrogen and oxygen atoms in total. The zero-order chi connectivity index (χ0) is 10.1. The quantitative estimate of drug-likeness (QED) is 0.735. The Balaban J connectivity index is 3.32. The fourth-order valence-corrected chi connectivity index (χ4v) is 1.63. The number of sulfonamides is 1. The van der Waals surface area contributed by atoms with Crippen molar-refractivity contribution in [3.05, 3.63) is 18.3 Å². The molecule has 0 spiro atoms. The average Bonchev–Trinajstić information content (AvgIpc) is 2.04. The Hall–Kier alpha value is -1.14. The third kappa shape index (κ3) is 1.78. The van der Waals surface area contributed by atoms with E-state index in [0.29, 0.717) is 0 Å². The first-order chi connectivity index (χ1) is 5.96. The minimum atomic E-state index is -3.64. The van der Waals surface area contributed by atoms with Crippen molar-refractivity contribution in [2.45, 2.75) is 5.03 Å². The molecule has 1 rings (SSSR count). The van der Waals surface area contributed by atoms with Gasteiger partial charge in [0, 0.05) is 20.3 Å². The summed E-state index contributed by atoms with van der Waals surface area (Å²) >= 11 is 0. The summed E-state index contributed by atoms with van der Waals surface area (Å²) < 4.78 is 23.9. The van der Waals surface area contributed by atoms with Gasteiger partial charge >= 0.3 is 0 Å². The van der Waals surface area contributed by atoms with Crippen molar-refractivity contribution in [2.24, 2.45) is 0 Å². The van der Waals surface area contributed by atoms with Gasteiger partial charge in [-0.3, -0.25) is 0 Å². The van der Waals surface area contributed by atoms with Gasteiger partial charge in [-0.25, -0.2) is 17.7 Å². The second-order valence-corrected chi connectivity index (χ2v) is 4.68. The van der Waals surface area contributed by atoms with Crippen molar-refractivity contribution in [2.75, 3.05) is 14.1 Å². The topological polar surface area (TPSA) is 70.5 Å². The van der Waals surface area contributed by atoms with Gasteiger partial charge in [-0.05, 0) is 12.1 Å². The number of aromatic hydroxyl groups is 1. The van der Waals surface area contributed by atoms with Crippen LogP contribution in [0.5, 0.6) is 5.75 Å². The molecule has 0 atom stereocenters. The molecule has 1 aromatic heterocycles. The molecule has 1 heterocycles. The van der Waals surface area contributed by atoms with Crippen molar-refractivity contribution in [1.82, 2.24) is 9.29 Å². The van der Waals surface area contributed by atoms with Crippen LogP contribution in [0.25, 0.3) is 0 Å². The van der Waals surface area contributed by atoms with Crippen LogP contribution in [-0.2, 0) is 10.0 Å². The summed E-state index contributed by atoms with van der Waals surface area (Å²) in [5.41, 5.74) is 0. The summed E-state index contributed by atoms with van der Waals surface area (Å²) in [6, 6.07) is 2.74. The van der Waals surface area contributed by atoms with E-state index in [0.717, 1.165) is 4.31 Å². The van der Waals surface area contributed by atoms with E-state index in [2.05, 4.69) is 4.98 Å². The Morgan fingerprint density at radius 2 is 2.08 bits per heavy atom. The van der Waals surface area contributed by atoms with Crippen LogP contribution in [0.4, 0.5) is 0 Å². The molecule has 0 aliphatic carbocycles. The van der Waals surface area contributed by atoms with Crippen LogP contribution in [0.15, 0.2) is 23.4 Å². The van der Waals surface area contributed by atoms with E-state index in [1.165, 1.54) is 32.4 Å². The molecule has 0 amide bonds. The number of aromatic nitrogens is 1. The van der Waals surface area contributed by atoms with Gasteiger partial charge in [0.1, 0.15) is 0 Å². The summed E-state index contributed by atoms with van der Waals surface area (Å²) in [6.45, 7) is 0. The second-order valence-electron chi connectivity index (χ2n) is 2.62. The Morgan fingerprint density at radius 1 is 1.46 bits per heavy atom. The van der Waals surface area contributed by atoms with Crippen LogP contribution < -0.4 is 0 Å². The van der Waals surface area contributed by atoms with Crippen LogP contribution in [0, 0.1) is 0 Å². The molecule has 0 bridgehead atoms. The van der Waals surface area contributed by atoms with E-state index in [1.54, 1.807) is 0 Å². The lowest BCUT2D eigenvalue weighted by atomic mass is 10.5. The summed E-state index contributed by atoms with van der Waals surface area (Å²) in [4.78, 5) is 3.59. The van der Waals surface area contributed by atoms with Gasteiger partial charge in [-0.2, -0.15) is 0 Å². The highest BCUT2D eigenvalue weighted by molar-refractivity contribution is 7.89. The third-order valence-electron chi connectivity index (χ3n) is 1.48. The molecule has 72 valence electrons. The molecule has 6 heteroatoms. The van der Waals surface area contributed by atoms with E-state index in [9.17, 15) is 13.5 Å². The smallest absolute Gasteiger partial charge is 0.263 e. The Kier molecular flexibility index (Phi) is 2.53. The average molecular weight is 202 g/mol. The van der Waals surface area contributed by atoms with Gasteiger partial charge in [-0.15, -0.1) is 0 Å². The predicted octanol–water partition coefficient (Wildman–Crippen LogP) is 0.0375. The Bertz CT molecular complexity index is 400. The van der Waals surface area contributed by atoms with Crippen molar-refractivity contribution < 1.29 is 13.5 Å². The lowest BCUT2D eigenvalue weighted by Crippen LogP contribution is -2.23. The summed E-state index contributed by atoms with van der Waals surface area (Å²) in [5, 5.41) is 8.91. The normalized spacial score (nSPS) is 11.9. The summed E-state index contributed by atoms with van der Waals surface area (Å²) in [7, 11) is -0.878. The molecule has 0 saturated carbocycles. The van der Waals surface area contributed by atoms with E-state index in [4.69, 9.17) is 0 Å². The summed E-state index contributed by atoms with van der Waals surface area (Å²) in [6.07, 6.45) is 1.32. The molecule has 1 N–H and O–H groups in total. The molecule has 0 saturated heterocycles. The first-order valence-corrected chi connectivity index (χ1v) is 4.97. The largest absolute Gasteiger partial charge is 0.505 e. The van der Waals surface area contributed by atoms with Crippen LogP contribution in [-0.4, -0.2) is 36.9 Å². The number of nitrogens with zero attached hydrogens (tertiary/aromatic N) is 2.